The standard InChI is InChI=1S/C23H33N5O/c1-2-9-26(10-3-1)11-4-12-29-16-23-21-14-27(15-22(21)23)13-19-5-7-20(8-6-19)28-18-24-17-25-28/h5-8,17-18,21-23H,1-4,9-16H2/t21-,22+,23-. The van der Waals surface area contributed by atoms with Crippen molar-refractivity contribution >= 4 is 0 Å². The van der Waals surface area contributed by atoms with E-state index in [9.17, 15) is 0 Å². The van der Waals surface area contributed by atoms with Crippen LogP contribution in [0.2, 0.25) is 0 Å². The van der Waals surface area contributed by atoms with E-state index < -0.39 is 0 Å². The van der Waals surface area contributed by atoms with Crippen LogP contribution in [-0.4, -0.2) is 70.5 Å². The Balaban J connectivity index is 0.976. The van der Waals surface area contributed by atoms with Crippen molar-refractivity contribution in [3.05, 3.63) is 42.5 Å². The predicted octanol–water partition coefficient (Wildman–Crippen LogP) is 2.84. The lowest BCUT2D eigenvalue weighted by Gasteiger charge is -2.26. The minimum Gasteiger partial charge on any atom is -0.381 e. The van der Waals surface area contributed by atoms with Crippen LogP contribution in [-0.2, 0) is 11.3 Å². The van der Waals surface area contributed by atoms with Gasteiger partial charge in [0.15, 0.2) is 0 Å². The first kappa shape index (κ1) is 19.2. The molecule has 0 unspecified atom stereocenters. The van der Waals surface area contributed by atoms with Gasteiger partial charge < -0.3 is 9.64 Å². The average molecular weight is 396 g/mol. The summed E-state index contributed by atoms with van der Waals surface area (Å²) in [6.45, 7) is 9.26. The van der Waals surface area contributed by atoms with Crippen LogP contribution in [0.5, 0.6) is 0 Å². The van der Waals surface area contributed by atoms with Crippen LogP contribution in [0.3, 0.4) is 0 Å². The Kier molecular flexibility index (Phi) is 5.92. The molecule has 1 saturated carbocycles. The molecule has 0 spiro atoms. The lowest BCUT2D eigenvalue weighted by atomic mass is 10.1. The van der Waals surface area contributed by atoms with Gasteiger partial charge in [0.1, 0.15) is 12.7 Å². The van der Waals surface area contributed by atoms with E-state index in [0.717, 1.165) is 43.2 Å². The number of benzene rings is 1. The first-order chi connectivity index (χ1) is 14.4. The number of rotatable bonds is 9. The molecule has 5 rings (SSSR count). The Bertz CT molecular complexity index is 744. The Morgan fingerprint density at radius 2 is 1.76 bits per heavy atom. The number of fused-ring (bicyclic) bond motifs is 1. The molecule has 0 radical (unpaired) electrons. The number of hydrogen-bond acceptors (Lipinski definition) is 5. The van der Waals surface area contributed by atoms with E-state index in [1.807, 2.05) is 0 Å². The van der Waals surface area contributed by atoms with Crippen molar-refractivity contribution in [2.24, 2.45) is 17.8 Å². The summed E-state index contributed by atoms with van der Waals surface area (Å²) >= 11 is 0. The highest BCUT2D eigenvalue weighted by Crippen LogP contribution is 2.52. The molecule has 0 amide bonds. The van der Waals surface area contributed by atoms with E-state index in [1.54, 1.807) is 17.3 Å². The van der Waals surface area contributed by atoms with E-state index in [0.29, 0.717) is 0 Å². The van der Waals surface area contributed by atoms with E-state index in [2.05, 4.69) is 44.1 Å². The second-order valence-corrected chi connectivity index (χ2v) is 9.02. The maximum absolute atomic E-state index is 6.03. The summed E-state index contributed by atoms with van der Waals surface area (Å²) in [6, 6.07) is 8.68. The summed E-state index contributed by atoms with van der Waals surface area (Å²) in [5.74, 6) is 2.55. The summed E-state index contributed by atoms with van der Waals surface area (Å²) in [5, 5.41) is 4.18. The molecule has 0 N–H and O–H groups in total. The molecule has 3 heterocycles. The van der Waals surface area contributed by atoms with Gasteiger partial charge in [0, 0.05) is 32.8 Å². The molecule has 0 bridgehead atoms. The fourth-order valence-electron chi connectivity index (χ4n) is 5.26. The average Bonchev–Trinajstić information content (AvgIpc) is 3.15. The van der Waals surface area contributed by atoms with Crippen molar-refractivity contribution in [1.82, 2.24) is 24.6 Å². The van der Waals surface area contributed by atoms with Crippen LogP contribution in [0.1, 0.15) is 31.2 Å². The topological polar surface area (TPSA) is 46.4 Å². The van der Waals surface area contributed by atoms with Gasteiger partial charge in [-0.25, -0.2) is 9.67 Å². The van der Waals surface area contributed by atoms with Gasteiger partial charge in [0.05, 0.1) is 12.3 Å². The third kappa shape index (κ3) is 4.71. The van der Waals surface area contributed by atoms with Crippen LogP contribution in [0.25, 0.3) is 5.69 Å². The van der Waals surface area contributed by atoms with Gasteiger partial charge in [-0.1, -0.05) is 18.6 Å². The number of ether oxygens (including phenoxy) is 1. The van der Waals surface area contributed by atoms with Crippen LogP contribution in [0.4, 0.5) is 0 Å². The smallest absolute Gasteiger partial charge is 0.138 e. The Morgan fingerprint density at radius 3 is 2.48 bits per heavy atom. The molecule has 29 heavy (non-hydrogen) atoms. The van der Waals surface area contributed by atoms with Gasteiger partial charge in [-0.15, -0.1) is 0 Å². The predicted molar refractivity (Wildman–Crippen MR) is 113 cm³/mol. The minimum atomic E-state index is 0.816. The fraction of sp³-hybridized carbons (Fsp3) is 0.652. The van der Waals surface area contributed by atoms with Gasteiger partial charge in [-0.3, -0.25) is 4.90 Å². The quantitative estimate of drug-likeness (QED) is 0.611. The number of hydrogen-bond donors (Lipinski definition) is 0. The normalized spacial score (nSPS) is 27.2. The van der Waals surface area contributed by atoms with Gasteiger partial charge in [-0.2, -0.15) is 5.10 Å². The van der Waals surface area contributed by atoms with Gasteiger partial charge >= 0.3 is 0 Å². The molecule has 3 aliphatic rings. The second-order valence-electron chi connectivity index (χ2n) is 9.02. The van der Waals surface area contributed by atoms with E-state index >= 15 is 0 Å². The molecular weight excluding hydrogens is 362 g/mol. The monoisotopic (exact) mass is 395 g/mol. The highest BCUT2D eigenvalue weighted by atomic mass is 16.5. The van der Waals surface area contributed by atoms with E-state index in [4.69, 9.17) is 4.74 Å². The maximum Gasteiger partial charge on any atom is 0.138 e. The Labute approximate surface area is 173 Å². The molecule has 1 aliphatic carbocycles. The van der Waals surface area contributed by atoms with E-state index in [1.165, 1.54) is 64.0 Å². The van der Waals surface area contributed by atoms with Crippen molar-refractivity contribution in [2.75, 3.05) is 45.9 Å². The zero-order valence-electron chi connectivity index (χ0n) is 17.3. The lowest BCUT2D eigenvalue weighted by Crippen LogP contribution is -2.31. The van der Waals surface area contributed by atoms with Crippen LogP contribution in [0.15, 0.2) is 36.9 Å². The molecule has 3 fully saturated rings. The van der Waals surface area contributed by atoms with Gasteiger partial charge in [0.2, 0.25) is 0 Å². The first-order valence-corrected chi connectivity index (χ1v) is 11.3. The highest BCUT2D eigenvalue weighted by Gasteiger charge is 2.55. The lowest BCUT2D eigenvalue weighted by molar-refractivity contribution is 0.0967. The Hall–Kier alpha value is -1.76. The third-order valence-electron chi connectivity index (χ3n) is 6.99. The summed E-state index contributed by atoms with van der Waals surface area (Å²) in [4.78, 5) is 9.22. The third-order valence-corrected chi connectivity index (χ3v) is 6.99. The molecule has 2 saturated heterocycles. The SMILES string of the molecule is c1ncn(-c2ccc(CN3C[C@@H]4[C@H](COCCCN5CCCCC5)[C@@H]4C3)cc2)n1. The van der Waals surface area contributed by atoms with Crippen molar-refractivity contribution in [3.8, 4) is 5.69 Å². The largest absolute Gasteiger partial charge is 0.381 e. The molecule has 1 aromatic heterocycles. The molecule has 2 aromatic rings. The van der Waals surface area contributed by atoms with Gasteiger partial charge in [0.25, 0.3) is 0 Å². The number of likely N-dealkylation sites (tertiary alicyclic amines) is 2. The second kappa shape index (κ2) is 8.94. The van der Waals surface area contributed by atoms with E-state index in [-0.39, 0.29) is 0 Å². The molecule has 156 valence electrons. The summed E-state index contributed by atoms with van der Waals surface area (Å²) in [5.41, 5.74) is 2.44. The Morgan fingerprint density at radius 1 is 0.966 bits per heavy atom. The first-order valence-electron chi connectivity index (χ1n) is 11.3. The van der Waals surface area contributed by atoms with Crippen molar-refractivity contribution in [3.63, 3.8) is 0 Å². The van der Waals surface area contributed by atoms with Crippen molar-refractivity contribution in [1.29, 1.82) is 0 Å². The van der Waals surface area contributed by atoms with Crippen LogP contribution < -0.4 is 0 Å². The number of nitrogens with zero attached hydrogens (tertiary/aromatic N) is 5. The summed E-state index contributed by atoms with van der Waals surface area (Å²) in [6.07, 6.45) is 8.68. The highest BCUT2D eigenvalue weighted by molar-refractivity contribution is 5.33. The van der Waals surface area contributed by atoms with Crippen molar-refractivity contribution < 1.29 is 4.74 Å². The van der Waals surface area contributed by atoms with Crippen LogP contribution >= 0.6 is 0 Å². The maximum atomic E-state index is 6.03. The van der Waals surface area contributed by atoms with Gasteiger partial charge in [-0.05, 0) is 67.8 Å². The summed E-state index contributed by atoms with van der Waals surface area (Å²) in [7, 11) is 0. The molecular formula is C23H33N5O. The number of piperidine rings is 2. The summed E-state index contributed by atoms with van der Waals surface area (Å²) < 4.78 is 7.83. The molecule has 3 atom stereocenters. The minimum absolute atomic E-state index is 0.816. The zero-order chi connectivity index (χ0) is 19.5. The fourth-order valence-corrected chi connectivity index (χ4v) is 5.26. The molecule has 6 nitrogen and oxygen atoms in total. The van der Waals surface area contributed by atoms with Crippen LogP contribution in [0, 0.1) is 17.8 Å². The number of aromatic nitrogens is 3. The zero-order valence-corrected chi connectivity index (χ0v) is 17.3. The molecule has 6 heteroatoms. The van der Waals surface area contributed by atoms with Crippen molar-refractivity contribution in [2.45, 2.75) is 32.2 Å². The molecule has 1 aromatic carbocycles. The molecule has 2 aliphatic heterocycles.